The molecule has 19 heavy (non-hydrogen) atoms. The van der Waals surface area contributed by atoms with E-state index in [2.05, 4.69) is 50.8 Å². The maximum absolute atomic E-state index is 6.13. The summed E-state index contributed by atoms with van der Waals surface area (Å²) in [6, 6.07) is 6.95. The van der Waals surface area contributed by atoms with Crippen LogP contribution in [0.2, 0.25) is 0 Å². The van der Waals surface area contributed by atoms with Crippen molar-refractivity contribution in [2.45, 2.75) is 46.3 Å². The maximum atomic E-state index is 6.13. The molecule has 1 aromatic carbocycles. The molecule has 0 saturated carbocycles. The maximum Gasteiger partial charge on any atom is 0.143 e. The molecule has 1 aromatic rings. The Morgan fingerprint density at radius 1 is 1.32 bits per heavy atom. The molecule has 0 saturated heterocycles. The van der Waals surface area contributed by atoms with Crippen molar-refractivity contribution in [3.8, 4) is 5.75 Å². The summed E-state index contributed by atoms with van der Waals surface area (Å²) < 4.78 is 6.13. The third-order valence-corrected chi connectivity index (χ3v) is 3.79. The average Bonchev–Trinajstić information content (AvgIpc) is 2.37. The number of nitrogens with zero attached hydrogens (tertiary/aromatic N) is 1. The number of nitrogens with two attached hydrogens (primary N) is 1. The minimum Gasteiger partial charge on any atom is -0.486 e. The van der Waals surface area contributed by atoms with Crippen molar-refractivity contribution in [3.63, 3.8) is 0 Å². The Labute approximate surface area is 116 Å². The molecule has 3 nitrogen and oxygen atoms in total. The van der Waals surface area contributed by atoms with E-state index in [0.29, 0.717) is 18.5 Å². The number of ether oxygens (including phenoxy) is 1. The van der Waals surface area contributed by atoms with E-state index < -0.39 is 0 Å². The van der Waals surface area contributed by atoms with Gasteiger partial charge in [-0.25, -0.2) is 0 Å². The van der Waals surface area contributed by atoms with E-state index in [4.69, 9.17) is 10.5 Å². The fourth-order valence-corrected chi connectivity index (χ4v) is 2.54. The van der Waals surface area contributed by atoms with Gasteiger partial charge in [-0.2, -0.15) is 0 Å². The Morgan fingerprint density at radius 3 is 2.63 bits per heavy atom. The molecule has 3 heteroatoms. The van der Waals surface area contributed by atoms with Crippen LogP contribution in [0.5, 0.6) is 5.75 Å². The molecule has 0 fully saturated rings. The van der Waals surface area contributed by atoms with Gasteiger partial charge in [0.05, 0.1) is 12.2 Å². The second kappa shape index (κ2) is 5.83. The minimum atomic E-state index is 0.273. The molecule has 1 heterocycles. The molecule has 0 amide bonds. The van der Waals surface area contributed by atoms with Gasteiger partial charge in [0.15, 0.2) is 0 Å². The van der Waals surface area contributed by atoms with Crippen molar-refractivity contribution >= 4 is 5.69 Å². The monoisotopic (exact) mass is 262 g/mol. The predicted octanol–water partition coefficient (Wildman–Crippen LogP) is 2.82. The molecule has 1 unspecified atom stereocenters. The highest BCUT2D eigenvalue weighted by atomic mass is 16.5. The molecule has 2 N–H and O–H groups in total. The Hall–Kier alpha value is -1.22. The van der Waals surface area contributed by atoms with Crippen LogP contribution in [0.4, 0.5) is 5.69 Å². The van der Waals surface area contributed by atoms with Crippen LogP contribution in [0.25, 0.3) is 0 Å². The van der Waals surface area contributed by atoms with Crippen molar-refractivity contribution in [2.75, 3.05) is 18.0 Å². The number of benzene rings is 1. The highest BCUT2D eigenvalue weighted by Crippen LogP contribution is 2.37. The average molecular weight is 262 g/mol. The molecule has 106 valence electrons. The lowest BCUT2D eigenvalue weighted by molar-refractivity contribution is 0.143. The topological polar surface area (TPSA) is 38.5 Å². The number of anilines is 1. The molecule has 0 aliphatic carbocycles. The van der Waals surface area contributed by atoms with Gasteiger partial charge in [-0.3, -0.25) is 0 Å². The summed E-state index contributed by atoms with van der Waals surface area (Å²) in [6.07, 6.45) is 1.20. The molecule has 0 bridgehead atoms. The van der Waals surface area contributed by atoms with Gasteiger partial charge >= 0.3 is 0 Å². The zero-order valence-corrected chi connectivity index (χ0v) is 12.5. The fourth-order valence-electron chi connectivity index (χ4n) is 2.54. The van der Waals surface area contributed by atoms with E-state index in [1.165, 1.54) is 11.3 Å². The number of hydrogen-bond acceptors (Lipinski definition) is 3. The standard InChI is InChI=1S/C16H26N2O/c1-11(2)16-10-18(12(3)4)14-9-13(7-8-17)5-6-15(14)19-16/h5-6,9,11-12,16H,7-8,10,17H2,1-4H3. The first-order valence-corrected chi connectivity index (χ1v) is 7.29. The van der Waals surface area contributed by atoms with E-state index in [1.54, 1.807) is 0 Å². The SMILES string of the molecule is CC(C)C1CN(C(C)C)c2cc(CCN)ccc2O1. The van der Waals surface area contributed by atoms with Crippen molar-refractivity contribution < 1.29 is 4.74 Å². The molecular weight excluding hydrogens is 236 g/mol. The number of rotatable bonds is 4. The Morgan fingerprint density at radius 2 is 2.05 bits per heavy atom. The lowest BCUT2D eigenvalue weighted by Crippen LogP contribution is -2.45. The lowest BCUT2D eigenvalue weighted by Gasteiger charge is -2.40. The van der Waals surface area contributed by atoms with Gasteiger partial charge in [-0.05, 0) is 50.4 Å². The van der Waals surface area contributed by atoms with Crippen LogP contribution < -0.4 is 15.4 Å². The van der Waals surface area contributed by atoms with Crippen LogP contribution in [0.3, 0.4) is 0 Å². The Balaban J connectivity index is 2.34. The molecule has 0 radical (unpaired) electrons. The summed E-state index contributed by atoms with van der Waals surface area (Å²) in [4.78, 5) is 2.45. The molecule has 1 atom stereocenters. The van der Waals surface area contributed by atoms with Gasteiger partial charge in [0.2, 0.25) is 0 Å². The van der Waals surface area contributed by atoms with Crippen LogP contribution in [0.1, 0.15) is 33.3 Å². The van der Waals surface area contributed by atoms with Crippen LogP contribution in [-0.4, -0.2) is 25.2 Å². The van der Waals surface area contributed by atoms with E-state index in [-0.39, 0.29) is 6.10 Å². The van der Waals surface area contributed by atoms with Crippen LogP contribution in [-0.2, 0) is 6.42 Å². The Bertz CT molecular complexity index is 429. The van der Waals surface area contributed by atoms with Crippen LogP contribution in [0.15, 0.2) is 18.2 Å². The first-order valence-electron chi connectivity index (χ1n) is 7.29. The normalized spacial score (nSPS) is 18.7. The van der Waals surface area contributed by atoms with E-state index in [9.17, 15) is 0 Å². The highest BCUT2D eigenvalue weighted by molar-refractivity contribution is 5.62. The van der Waals surface area contributed by atoms with E-state index in [0.717, 1.165) is 18.7 Å². The van der Waals surface area contributed by atoms with Gasteiger partial charge in [-0.1, -0.05) is 19.9 Å². The molecule has 0 aromatic heterocycles. The zero-order chi connectivity index (χ0) is 14.0. The molecule has 1 aliphatic heterocycles. The summed E-state index contributed by atoms with van der Waals surface area (Å²) in [5.41, 5.74) is 8.16. The van der Waals surface area contributed by atoms with Crippen LogP contribution in [0, 0.1) is 5.92 Å². The molecule has 2 rings (SSSR count). The molecule has 0 spiro atoms. The van der Waals surface area contributed by atoms with Crippen molar-refractivity contribution in [3.05, 3.63) is 23.8 Å². The van der Waals surface area contributed by atoms with Gasteiger partial charge in [0.1, 0.15) is 11.9 Å². The van der Waals surface area contributed by atoms with Gasteiger partial charge in [-0.15, -0.1) is 0 Å². The quantitative estimate of drug-likeness (QED) is 0.907. The molecular formula is C16H26N2O. The summed E-state index contributed by atoms with van der Waals surface area (Å²) >= 11 is 0. The van der Waals surface area contributed by atoms with Crippen LogP contribution >= 0.6 is 0 Å². The van der Waals surface area contributed by atoms with Crippen molar-refractivity contribution in [1.29, 1.82) is 0 Å². The highest BCUT2D eigenvalue weighted by Gasteiger charge is 2.29. The van der Waals surface area contributed by atoms with Gasteiger partial charge in [0, 0.05) is 6.04 Å². The van der Waals surface area contributed by atoms with Crippen molar-refractivity contribution in [2.24, 2.45) is 11.7 Å². The Kier molecular flexibility index (Phi) is 4.35. The molecule has 1 aliphatic rings. The summed E-state index contributed by atoms with van der Waals surface area (Å²) in [7, 11) is 0. The van der Waals surface area contributed by atoms with Gasteiger partial charge in [0.25, 0.3) is 0 Å². The second-order valence-corrected chi connectivity index (χ2v) is 5.99. The summed E-state index contributed by atoms with van der Waals surface area (Å²) in [5.74, 6) is 1.54. The smallest absolute Gasteiger partial charge is 0.143 e. The van der Waals surface area contributed by atoms with E-state index in [1.807, 2.05) is 0 Å². The lowest BCUT2D eigenvalue weighted by atomic mass is 10.0. The predicted molar refractivity (Wildman–Crippen MR) is 80.9 cm³/mol. The largest absolute Gasteiger partial charge is 0.486 e. The summed E-state index contributed by atoms with van der Waals surface area (Å²) in [6.45, 7) is 10.6. The third kappa shape index (κ3) is 3.03. The fraction of sp³-hybridized carbons (Fsp3) is 0.625. The first kappa shape index (κ1) is 14.2. The minimum absolute atomic E-state index is 0.273. The third-order valence-electron chi connectivity index (χ3n) is 3.79. The number of fused-ring (bicyclic) bond motifs is 1. The second-order valence-electron chi connectivity index (χ2n) is 5.99. The first-order chi connectivity index (χ1) is 9.02. The zero-order valence-electron chi connectivity index (χ0n) is 12.5. The number of hydrogen-bond donors (Lipinski definition) is 1. The van der Waals surface area contributed by atoms with E-state index >= 15 is 0 Å². The van der Waals surface area contributed by atoms with Crippen molar-refractivity contribution in [1.82, 2.24) is 0 Å². The summed E-state index contributed by atoms with van der Waals surface area (Å²) in [5, 5.41) is 0. The van der Waals surface area contributed by atoms with Gasteiger partial charge < -0.3 is 15.4 Å².